The molecule has 0 saturated heterocycles. The van der Waals surface area contributed by atoms with Gasteiger partial charge in [-0.05, 0) is 30.7 Å². The highest BCUT2D eigenvalue weighted by atomic mass is 35.5. The third-order valence-electron chi connectivity index (χ3n) is 3.51. The number of halogens is 2. The van der Waals surface area contributed by atoms with Gasteiger partial charge in [0.2, 0.25) is 0 Å². The SMILES string of the molecule is Cc1cc(F)ccc1S(=O)(=O)Nc1cc2c(cc1Cl)OCCCO2. The standard InChI is InChI=1S/C16H15ClFNO4S/c1-10-7-11(18)3-4-16(10)24(20,21)19-13-9-15-14(8-12(13)17)22-5-2-6-23-15/h3-4,7-9,19H,2,5-6H2,1H3. The summed E-state index contributed by atoms with van der Waals surface area (Å²) < 4.78 is 51.8. The third kappa shape index (κ3) is 3.42. The quantitative estimate of drug-likeness (QED) is 0.892. The maximum absolute atomic E-state index is 13.2. The zero-order valence-corrected chi connectivity index (χ0v) is 14.4. The molecule has 1 N–H and O–H groups in total. The molecule has 0 spiro atoms. The molecule has 5 nitrogen and oxygen atoms in total. The van der Waals surface area contributed by atoms with Crippen molar-refractivity contribution in [3.8, 4) is 11.5 Å². The summed E-state index contributed by atoms with van der Waals surface area (Å²) in [6.45, 7) is 2.49. The molecule has 0 unspecified atom stereocenters. The van der Waals surface area contributed by atoms with Crippen LogP contribution in [-0.4, -0.2) is 21.6 Å². The van der Waals surface area contributed by atoms with Crippen molar-refractivity contribution in [2.24, 2.45) is 0 Å². The van der Waals surface area contributed by atoms with E-state index in [1.54, 1.807) is 0 Å². The molecule has 0 atom stereocenters. The van der Waals surface area contributed by atoms with Gasteiger partial charge in [-0.2, -0.15) is 0 Å². The average molecular weight is 372 g/mol. The highest BCUT2D eigenvalue weighted by molar-refractivity contribution is 7.92. The Kier molecular flexibility index (Phi) is 4.56. The van der Waals surface area contributed by atoms with Gasteiger partial charge < -0.3 is 9.47 Å². The summed E-state index contributed by atoms with van der Waals surface area (Å²) in [5, 5.41) is 0.183. The average Bonchev–Trinajstić information content (AvgIpc) is 2.72. The molecule has 24 heavy (non-hydrogen) atoms. The molecule has 0 saturated carbocycles. The summed E-state index contributed by atoms with van der Waals surface area (Å²) in [6, 6.07) is 6.46. The Balaban J connectivity index is 1.96. The van der Waals surface area contributed by atoms with E-state index in [0.717, 1.165) is 18.6 Å². The number of anilines is 1. The van der Waals surface area contributed by atoms with E-state index in [-0.39, 0.29) is 15.6 Å². The molecule has 0 radical (unpaired) electrons. The van der Waals surface area contributed by atoms with Crippen LogP contribution in [-0.2, 0) is 10.0 Å². The topological polar surface area (TPSA) is 64.6 Å². The smallest absolute Gasteiger partial charge is 0.262 e. The van der Waals surface area contributed by atoms with E-state index in [2.05, 4.69) is 4.72 Å². The summed E-state index contributed by atoms with van der Waals surface area (Å²) in [6.07, 6.45) is 0.724. The molecule has 0 amide bonds. The fourth-order valence-electron chi connectivity index (χ4n) is 2.38. The van der Waals surface area contributed by atoms with Crippen molar-refractivity contribution in [3.63, 3.8) is 0 Å². The predicted molar refractivity (Wildman–Crippen MR) is 89.0 cm³/mol. The minimum Gasteiger partial charge on any atom is -0.490 e. The first kappa shape index (κ1) is 16.9. The first-order chi connectivity index (χ1) is 11.4. The molecule has 2 aromatic carbocycles. The van der Waals surface area contributed by atoms with Crippen molar-refractivity contribution in [3.05, 3.63) is 46.7 Å². The van der Waals surface area contributed by atoms with Gasteiger partial charge >= 0.3 is 0 Å². The monoisotopic (exact) mass is 371 g/mol. The van der Waals surface area contributed by atoms with Crippen LogP contribution in [0.5, 0.6) is 11.5 Å². The van der Waals surface area contributed by atoms with Crippen LogP contribution in [0.15, 0.2) is 35.2 Å². The van der Waals surface area contributed by atoms with Crippen molar-refractivity contribution >= 4 is 27.3 Å². The Morgan fingerprint density at radius 1 is 1.12 bits per heavy atom. The second kappa shape index (κ2) is 6.49. The lowest BCUT2D eigenvalue weighted by molar-refractivity contribution is 0.297. The largest absolute Gasteiger partial charge is 0.490 e. The first-order valence-corrected chi connectivity index (χ1v) is 9.11. The van der Waals surface area contributed by atoms with Crippen LogP contribution < -0.4 is 14.2 Å². The van der Waals surface area contributed by atoms with Crippen molar-refractivity contribution in [2.45, 2.75) is 18.2 Å². The molecule has 1 aliphatic heterocycles. The Hall–Kier alpha value is -1.99. The molecular formula is C16H15ClFNO4S. The molecule has 0 aliphatic carbocycles. The minimum absolute atomic E-state index is 0.0212. The summed E-state index contributed by atoms with van der Waals surface area (Å²) >= 11 is 6.15. The van der Waals surface area contributed by atoms with E-state index in [4.69, 9.17) is 21.1 Å². The van der Waals surface area contributed by atoms with E-state index < -0.39 is 15.8 Å². The second-order valence-electron chi connectivity index (χ2n) is 5.34. The summed E-state index contributed by atoms with van der Waals surface area (Å²) in [4.78, 5) is -0.0212. The molecule has 0 fully saturated rings. The molecule has 3 rings (SSSR count). The van der Waals surface area contributed by atoms with Crippen molar-refractivity contribution in [1.82, 2.24) is 0 Å². The zero-order valence-electron chi connectivity index (χ0n) is 12.8. The number of aryl methyl sites for hydroxylation is 1. The number of nitrogens with one attached hydrogen (secondary N) is 1. The number of fused-ring (bicyclic) bond motifs is 1. The molecule has 0 aromatic heterocycles. The number of sulfonamides is 1. The maximum atomic E-state index is 13.2. The highest BCUT2D eigenvalue weighted by Gasteiger charge is 2.21. The Morgan fingerprint density at radius 2 is 1.79 bits per heavy atom. The van der Waals surface area contributed by atoms with E-state index in [1.807, 2.05) is 0 Å². The fourth-order valence-corrected chi connectivity index (χ4v) is 3.93. The Labute approximate surface area is 144 Å². The number of hydrogen-bond acceptors (Lipinski definition) is 4. The summed E-state index contributed by atoms with van der Waals surface area (Å²) in [5.41, 5.74) is 0.470. The van der Waals surface area contributed by atoms with Crippen molar-refractivity contribution < 1.29 is 22.3 Å². The zero-order chi connectivity index (χ0) is 17.3. The van der Waals surface area contributed by atoms with Crippen molar-refractivity contribution in [1.29, 1.82) is 0 Å². The van der Waals surface area contributed by atoms with Crippen LogP contribution in [0.2, 0.25) is 5.02 Å². The molecule has 8 heteroatoms. The van der Waals surface area contributed by atoms with Gasteiger partial charge in [-0.1, -0.05) is 11.6 Å². The normalized spacial score (nSPS) is 14.1. The van der Waals surface area contributed by atoms with Crippen LogP contribution in [0.3, 0.4) is 0 Å². The first-order valence-electron chi connectivity index (χ1n) is 7.25. The van der Waals surface area contributed by atoms with Crippen LogP contribution in [0, 0.1) is 12.7 Å². The van der Waals surface area contributed by atoms with Gasteiger partial charge in [0.15, 0.2) is 11.5 Å². The van der Waals surface area contributed by atoms with Gasteiger partial charge in [-0.15, -0.1) is 0 Å². The van der Waals surface area contributed by atoms with E-state index in [1.165, 1.54) is 25.1 Å². The number of hydrogen-bond donors (Lipinski definition) is 1. The summed E-state index contributed by atoms with van der Waals surface area (Å²) in [7, 11) is -3.92. The van der Waals surface area contributed by atoms with Gasteiger partial charge in [0.1, 0.15) is 5.82 Å². The molecular weight excluding hydrogens is 357 g/mol. The van der Waals surface area contributed by atoms with Gasteiger partial charge in [0.05, 0.1) is 28.8 Å². The van der Waals surface area contributed by atoms with Crippen LogP contribution in [0.4, 0.5) is 10.1 Å². The number of rotatable bonds is 3. The van der Waals surface area contributed by atoms with Crippen LogP contribution in [0.1, 0.15) is 12.0 Å². The molecule has 1 heterocycles. The lowest BCUT2D eigenvalue weighted by Gasteiger charge is -2.14. The van der Waals surface area contributed by atoms with Gasteiger partial charge in [0, 0.05) is 18.6 Å². The fraction of sp³-hybridized carbons (Fsp3) is 0.250. The minimum atomic E-state index is -3.92. The van der Waals surface area contributed by atoms with Crippen molar-refractivity contribution in [2.75, 3.05) is 17.9 Å². The molecule has 0 bridgehead atoms. The van der Waals surface area contributed by atoms with E-state index in [9.17, 15) is 12.8 Å². The van der Waals surface area contributed by atoms with Crippen LogP contribution >= 0.6 is 11.6 Å². The lowest BCUT2D eigenvalue weighted by Crippen LogP contribution is -2.15. The second-order valence-corrected chi connectivity index (χ2v) is 7.40. The highest BCUT2D eigenvalue weighted by Crippen LogP contribution is 2.38. The molecule has 1 aliphatic rings. The van der Waals surface area contributed by atoms with Gasteiger partial charge in [-0.3, -0.25) is 4.72 Å². The number of ether oxygens (including phenoxy) is 2. The van der Waals surface area contributed by atoms with E-state index in [0.29, 0.717) is 30.3 Å². The lowest BCUT2D eigenvalue weighted by atomic mass is 10.2. The van der Waals surface area contributed by atoms with E-state index >= 15 is 0 Å². The molecule has 128 valence electrons. The third-order valence-corrected chi connectivity index (χ3v) is 5.35. The van der Waals surface area contributed by atoms with Gasteiger partial charge in [-0.25, -0.2) is 12.8 Å². The van der Waals surface area contributed by atoms with Gasteiger partial charge in [0.25, 0.3) is 10.0 Å². The molecule has 2 aromatic rings. The Morgan fingerprint density at radius 3 is 2.46 bits per heavy atom. The van der Waals surface area contributed by atoms with Crippen LogP contribution in [0.25, 0.3) is 0 Å². The number of benzene rings is 2. The predicted octanol–water partition coefficient (Wildman–Crippen LogP) is 3.75. The Bertz CT molecular complexity index is 886. The summed E-state index contributed by atoms with van der Waals surface area (Å²) in [5.74, 6) is 0.393. The maximum Gasteiger partial charge on any atom is 0.262 e.